The van der Waals surface area contributed by atoms with Gasteiger partial charge < -0.3 is 15.2 Å². The third kappa shape index (κ3) is 4.73. The van der Waals surface area contributed by atoms with E-state index in [1.54, 1.807) is 30.6 Å². The maximum Gasteiger partial charge on any atom is 0.241 e. The summed E-state index contributed by atoms with van der Waals surface area (Å²) >= 11 is 0. The molecule has 1 fully saturated rings. The number of phenols is 1. The molecule has 1 aliphatic rings. The van der Waals surface area contributed by atoms with Gasteiger partial charge in [-0.2, -0.15) is 0 Å². The molecule has 2 heterocycles. The second kappa shape index (κ2) is 8.75. The van der Waals surface area contributed by atoms with Crippen molar-refractivity contribution in [2.45, 2.75) is 25.4 Å². The fourth-order valence-electron chi connectivity index (χ4n) is 3.61. The second-order valence-corrected chi connectivity index (χ2v) is 7.07. The van der Waals surface area contributed by atoms with Gasteiger partial charge in [-0.25, -0.2) is 0 Å². The van der Waals surface area contributed by atoms with Gasteiger partial charge in [0.15, 0.2) is 5.75 Å². The Kier molecular flexibility index (Phi) is 5.72. The number of likely N-dealkylation sites (tertiary alicyclic amines) is 1. The molecule has 4 rings (SSSR count). The van der Waals surface area contributed by atoms with Gasteiger partial charge in [0.25, 0.3) is 0 Å². The van der Waals surface area contributed by atoms with Crippen molar-refractivity contribution in [3.05, 3.63) is 78.6 Å². The van der Waals surface area contributed by atoms with Crippen LogP contribution in [0.4, 0.5) is 5.69 Å². The fourth-order valence-corrected chi connectivity index (χ4v) is 3.61. The normalized spacial score (nSPS) is 16.5. The molecule has 0 unspecified atom stereocenters. The Morgan fingerprint density at radius 1 is 1.17 bits per heavy atom. The monoisotopic (exact) mass is 389 g/mol. The van der Waals surface area contributed by atoms with Crippen LogP contribution < -0.4 is 10.1 Å². The molecule has 0 radical (unpaired) electrons. The number of carbonyl (C=O) groups excluding carboxylic acids is 1. The van der Waals surface area contributed by atoms with Crippen molar-refractivity contribution < 1.29 is 14.6 Å². The molecule has 2 N–H and O–H groups in total. The lowest BCUT2D eigenvalue weighted by Crippen LogP contribution is -2.39. The largest absolute Gasteiger partial charge is 0.508 e. The van der Waals surface area contributed by atoms with Crippen molar-refractivity contribution >= 4 is 11.6 Å². The summed E-state index contributed by atoms with van der Waals surface area (Å²) in [6.45, 7) is 1.47. The summed E-state index contributed by atoms with van der Waals surface area (Å²) in [5, 5.41) is 12.7. The molecule has 6 heteroatoms. The number of para-hydroxylation sites is 2. The van der Waals surface area contributed by atoms with Gasteiger partial charge >= 0.3 is 0 Å². The Bertz CT molecular complexity index is 978. The molecule has 0 saturated carbocycles. The average Bonchev–Trinajstić information content (AvgIpc) is 3.18. The number of ether oxygens (including phenoxy) is 1. The van der Waals surface area contributed by atoms with Crippen molar-refractivity contribution in [1.29, 1.82) is 0 Å². The summed E-state index contributed by atoms with van der Waals surface area (Å²) in [6, 6.07) is 18.0. The summed E-state index contributed by atoms with van der Waals surface area (Å²) in [7, 11) is 0. The molecule has 0 spiro atoms. The van der Waals surface area contributed by atoms with Crippen LogP contribution in [-0.2, 0) is 11.3 Å². The Balaban J connectivity index is 1.46. The molecular weight excluding hydrogens is 366 g/mol. The molecule has 1 saturated heterocycles. The summed E-state index contributed by atoms with van der Waals surface area (Å²) in [6.07, 6.45) is 5.08. The van der Waals surface area contributed by atoms with E-state index in [-0.39, 0.29) is 17.7 Å². The number of nitrogens with one attached hydrogen (secondary N) is 1. The van der Waals surface area contributed by atoms with Crippen LogP contribution in [0.3, 0.4) is 0 Å². The number of rotatable bonds is 6. The number of aromatic hydroxyl groups is 1. The summed E-state index contributed by atoms with van der Waals surface area (Å²) in [5.74, 6) is 1.38. The number of amides is 1. The molecule has 2 aromatic carbocycles. The lowest BCUT2D eigenvalue weighted by Gasteiger charge is -2.24. The van der Waals surface area contributed by atoms with Gasteiger partial charge in [0, 0.05) is 12.7 Å². The van der Waals surface area contributed by atoms with Gasteiger partial charge in [-0.15, -0.1) is 0 Å². The first-order chi connectivity index (χ1) is 14.2. The van der Waals surface area contributed by atoms with Crippen LogP contribution in [0.15, 0.2) is 73.1 Å². The first kappa shape index (κ1) is 19.0. The SMILES string of the molecule is O=C(Nc1ccccc1Oc1cccnc1)[C@@H]1CCCN1Cc1cccc(O)c1. The lowest BCUT2D eigenvalue weighted by atomic mass is 10.1. The van der Waals surface area contributed by atoms with E-state index in [9.17, 15) is 9.90 Å². The third-order valence-electron chi connectivity index (χ3n) is 4.97. The van der Waals surface area contributed by atoms with Gasteiger partial charge in [-0.05, 0) is 61.3 Å². The molecule has 1 aromatic heterocycles. The zero-order valence-electron chi connectivity index (χ0n) is 16.0. The van der Waals surface area contributed by atoms with E-state index < -0.39 is 0 Å². The topological polar surface area (TPSA) is 74.7 Å². The standard InChI is InChI=1S/C23H23N3O3/c27-18-7-3-6-17(14-18)16-26-13-5-10-21(26)23(28)25-20-9-1-2-11-22(20)29-19-8-4-12-24-15-19/h1-4,6-9,11-12,14-15,21,27H,5,10,13,16H2,(H,25,28)/t21-/m0/s1. The summed E-state index contributed by atoms with van der Waals surface area (Å²) in [4.78, 5) is 19.2. The zero-order chi connectivity index (χ0) is 20.1. The van der Waals surface area contributed by atoms with Crippen molar-refractivity contribution in [1.82, 2.24) is 9.88 Å². The molecule has 0 bridgehead atoms. The van der Waals surface area contributed by atoms with Crippen LogP contribution >= 0.6 is 0 Å². The minimum atomic E-state index is -0.219. The van der Waals surface area contributed by atoms with Crippen LogP contribution in [0.25, 0.3) is 0 Å². The van der Waals surface area contributed by atoms with E-state index in [1.165, 1.54) is 0 Å². The highest BCUT2D eigenvalue weighted by molar-refractivity contribution is 5.96. The maximum atomic E-state index is 13.0. The third-order valence-corrected chi connectivity index (χ3v) is 4.97. The minimum absolute atomic E-state index is 0.0510. The molecule has 0 aliphatic carbocycles. The van der Waals surface area contributed by atoms with Gasteiger partial charge in [0.1, 0.15) is 11.5 Å². The van der Waals surface area contributed by atoms with E-state index in [0.29, 0.717) is 23.7 Å². The van der Waals surface area contributed by atoms with Gasteiger partial charge in [0.05, 0.1) is 17.9 Å². The Hall–Kier alpha value is -3.38. The van der Waals surface area contributed by atoms with E-state index in [1.807, 2.05) is 42.5 Å². The number of anilines is 1. The molecular formula is C23H23N3O3. The van der Waals surface area contributed by atoms with Gasteiger partial charge in [-0.3, -0.25) is 14.7 Å². The van der Waals surface area contributed by atoms with Crippen molar-refractivity contribution in [2.75, 3.05) is 11.9 Å². The number of pyridine rings is 1. The fraction of sp³-hybridized carbons (Fsp3) is 0.217. The molecule has 3 aromatic rings. The van der Waals surface area contributed by atoms with Gasteiger partial charge in [0.2, 0.25) is 5.91 Å². The van der Waals surface area contributed by atoms with E-state index in [0.717, 1.165) is 24.9 Å². The highest BCUT2D eigenvalue weighted by Gasteiger charge is 2.31. The van der Waals surface area contributed by atoms with Crippen molar-refractivity contribution in [3.63, 3.8) is 0 Å². The Morgan fingerprint density at radius 2 is 2.07 bits per heavy atom. The number of aromatic nitrogens is 1. The van der Waals surface area contributed by atoms with Crippen LogP contribution in [0.5, 0.6) is 17.2 Å². The molecule has 1 amide bonds. The predicted molar refractivity (Wildman–Crippen MR) is 111 cm³/mol. The van der Waals surface area contributed by atoms with E-state index >= 15 is 0 Å². The number of carbonyl (C=O) groups is 1. The number of hydrogen-bond acceptors (Lipinski definition) is 5. The van der Waals surface area contributed by atoms with Crippen molar-refractivity contribution in [3.8, 4) is 17.2 Å². The van der Waals surface area contributed by atoms with E-state index in [4.69, 9.17) is 4.74 Å². The van der Waals surface area contributed by atoms with Crippen LogP contribution in [-0.4, -0.2) is 33.5 Å². The molecule has 1 atom stereocenters. The highest BCUT2D eigenvalue weighted by Crippen LogP contribution is 2.30. The quantitative estimate of drug-likeness (QED) is 0.661. The molecule has 148 valence electrons. The van der Waals surface area contributed by atoms with Gasteiger partial charge in [-0.1, -0.05) is 24.3 Å². The van der Waals surface area contributed by atoms with Crippen LogP contribution in [0, 0.1) is 0 Å². The Labute approximate surface area is 169 Å². The number of nitrogens with zero attached hydrogens (tertiary/aromatic N) is 2. The molecule has 29 heavy (non-hydrogen) atoms. The Morgan fingerprint density at radius 3 is 2.90 bits per heavy atom. The smallest absolute Gasteiger partial charge is 0.241 e. The zero-order valence-corrected chi connectivity index (χ0v) is 16.0. The average molecular weight is 389 g/mol. The second-order valence-electron chi connectivity index (χ2n) is 7.07. The number of phenolic OH excluding ortho intramolecular Hbond substituents is 1. The summed E-state index contributed by atoms with van der Waals surface area (Å²) < 4.78 is 5.89. The highest BCUT2D eigenvalue weighted by atomic mass is 16.5. The van der Waals surface area contributed by atoms with Crippen LogP contribution in [0.1, 0.15) is 18.4 Å². The van der Waals surface area contributed by atoms with Crippen LogP contribution in [0.2, 0.25) is 0 Å². The lowest BCUT2D eigenvalue weighted by molar-refractivity contribution is -0.120. The minimum Gasteiger partial charge on any atom is -0.508 e. The predicted octanol–water partition coefficient (Wildman–Crippen LogP) is 4.18. The van der Waals surface area contributed by atoms with E-state index in [2.05, 4.69) is 15.2 Å². The summed E-state index contributed by atoms with van der Waals surface area (Å²) in [5.41, 5.74) is 1.62. The first-order valence-electron chi connectivity index (χ1n) is 9.69. The van der Waals surface area contributed by atoms with Crippen molar-refractivity contribution in [2.24, 2.45) is 0 Å². The molecule has 6 nitrogen and oxygen atoms in total. The first-order valence-corrected chi connectivity index (χ1v) is 9.69. The number of hydrogen-bond donors (Lipinski definition) is 2. The molecule has 1 aliphatic heterocycles. The number of benzene rings is 2. The maximum absolute atomic E-state index is 13.0.